The fourth-order valence-corrected chi connectivity index (χ4v) is 0.945. The summed E-state index contributed by atoms with van der Waals surface area (Å²) in [4.78, 5) is 10.3. The number of carboxylic acid groups (broad SMARTS) is 1. The van der Waals surface area contributed by atoms with E-state index in [1.165, 1.54) is 24.3 Å². The van der Waals surface area contributed by atoms with Gasteiger partial charge >= 0.3 is 5.97 Å². The molecule has 0 amide bonds. The number of phenols is 1. The highest BCUT2D eigenvalue weighted by atomic mass is 16.4. The Morgan fingerprint density at radius 2 is 1.93 bits per heavy atom. The predicted molar refractivity (Wildman–Crippen MR) is 49.3 cm³/mol. The van der Waals surface area contributed by atoms with E-state index in [2.05, 4.69) is 0 Å². The lowest BCUT2D eigenvalue weighted by atomic mass is 10.1. The van der Waals surface area contributed by atoms with Gasteiger partial charge in [0, 0.05) is 6.08 Å². The monoisotopic (exact) mass is 189 g/mol. The second-order valence-electron chi connectivity index (χ2n) is 2.55. The van der Waals surface area contributed by atoms with Crippen molar-refractivity contribution in [3.63, 3.8) is 0 Å². The largest absolute Gasteiger partial charge is 0.508 e. The molecule has 4 nitrogen and oxygen atoms in total. The van der Waals surface area contributed by atoms with Crippen LogP contribution in [0.3, 0.4) is 0 Å². The van der Waals surface area contributed by atoms with E-state index in [1.54, 1.807) is 6.07 Å². The Bertz CT molecular complexity index is 412. The maximum absolute atomic E-state index is 10.3. The number of rotatable bonds is 2. The molecular formula is C10H7NO3. The summed E-state index contributed by atoms with van der Waals surface area (Å²) in [6.45, 7) is 0. The Labute approximate surface area is 80.3 Å². The lowest BCUT2D eigenvalue weighted by molar-refractivity contribution is -0.131. The number of nitrogens with zero attached hydrogens (tertiary/aromatic N) is 1. The van der Waals surface area contributed by atoms with Gasteiger partial charge in [-0.2, -0.15) is 5.26 Å². The molecule has 0 heterocycles. The van der Waals surface area contributed by atoms with Gasteiger partial charge in [0.2, 0.25) is 0 Å². The number of carbonyl (C=O) groups is 1. The van der Waals surface area contributed by atoms with Crippen LogP contribution in [-0.4, -0.2) is 16.2 Å². The lowest BCUT2D eigenvalue weighted by Gasteiger charge is -1.97. The van der Waals surface area contributed by atoms with E-state index < -0.39 is 5.97 Å². The third-order valence-electron chi connectivity index (χ3n) is 1.57. The second-order valence-corrected chi connectivity index (χ2v) is 2.55. The number of allylic oxidation sites excluding steroid dienone is 1. The third kappa shape index (κ3) is 2.35. The van der Waals surface area contributed by atoms with Crippen molar-refractivity contribution in [2.24, 2.45) is 0 Å². The number of aromatic hydroxyl groups is 1. The first-order valence-corrected chi connectivity index (χ1v) is 3.77. The van der Waals surface area contributed by atoms with Crippen molar-refractivity contribution in [1.82, 2.24) is 0 Å². The van der Waals surface area contributed by atoms with Gasteiger partial charge in [-0.05, 0) is 29.8 Å². The third-order valence-corrected chi connectivity index (χ3v) is 1.57. The molecule has 14 heavy (non-hydrogen) atoms. The summed E-state index contributed by atoms with van der Waals surface area (Å²) in [5.74, 6) is -1.10. The minimum absolute atomic E-state index is 0.0532. The average molecular weight is 189 g/mol. The van der Waals surface area contributed by atoms with Crippen LogP contribution in [0.2, 0.25) is 0 Å². The van der Waals surface area contributed by atoms with Crippen molar-refractivity contribution in [2.45, 2.75) is 0 Å². The van der Waals surface area contributed by atoms with Crippen LogP contribution in [0.5, 0.6) is 5.75 Å². The van der Waals surface area contributed by atoms with Crippen molar-refractivity contribution >= 4 is 11.5 Å². The predicted octanol–water partition coefficient (Wildman–Crippen LogP) is 1.38. The van der Waals surface area contributed by atoms with E-state index in [0.29, 0.717) is 5.56 Å². The summed E-state index contributed by atoms with van der Waals surface area (Å²) in [5.41, 5.74) is 0.519. The van der Waals surface area contributed by atoms with Gasteiger partial charge < -0.3 is 10.2 Å². The van der Waals surface area contributed by atoms with E-state index in [-0.39, 0.29) is 11.3 Å². The number of carboxylic acids is 1. The quantitative estimate of drug-likeness (QED) is 0.544. The Morgan fingerprint density at radius 1 is 1.36 bits per heavy atom. The number of nitriles is 1. The van der Waals surface area contributed by atoms with Gasteiger partial charge in [0.15, 0.2) is 0 Å². The van der Waals surface area contributed by atoms with Gasteiger partial charge in [0.1, 0.15) is 11.8 Å². The van der Waals surface area contributed by atoms with Gasteiger partial charge in [-0.3, -0.25) is 0 Å². The van der Waals surface area contributed by atoms with Crippen LogP contribution >= 0.6 is 0 Å². The zero-order valence-electron chi connectivity index (χ0n) is 7.14. The molecule has 70 valence electrons. The molecule has 0 fully saturated rings. The van der Waals surface area contributed by atoms with Gasteiger partial charge in [0.05, 0.1) is 5.57 Å². The van der Waals surface area contributed by atoms with Crippen LogP contribution in [0.4, 0.5) is 0 Å². The number of hydrogen-bond acceptors (Lipinski definition) is 3. The first-order valence-electron chi connectivity index (χ1n) is 3.77. The smallest absolute Gasteiger partial charge is 0.329 e. The average Bonchev–Trinajstić information content (AvgIpc) is 2.15. The molecule has 4 heteroatoms. The van der Waals surface area contributed by atoms with Crippen LogP contribution in [-0.2, 0) is 4.79 Å². The zero-order valence-corrected chi connectivity index (χ0v) is 7.14. The van der Waals surface area contributed by atoms with Crippen LogP contribution < -0.4 is 0 Å². The standard InChI is InChI=1S/C10H7NO3/c11-6-8(5-10(13)14)7-1-3-9(12)4-2-7/h1-5,12H,(H,13,14)/b8-5+. The molecule has 0 aliphatic heterocycles. The van der Waals surface area contributed by atoms with E-state index in [1.807, 2.05) is 0 Å². The number of hydrogen-bond donors (Lipinski definition) is 2. The highest BCUT2D eigenvalue weighted by Crippen LogP contribution is 2.16. The molecule has 0 radical (unpaired) electrons. The Hall–Kier alpha value is -2.28. The van der Waals surface area contributed by atoms with Crippen molar-refractivity contribution in [1.29, 1.82) is 5.26 Å². The molecule has 0 atom stereocenters. The van der Waals surface area contributed by atoms with E-state index in [4.69, 9.17) is 15.5 Å². The minimum Gasteiger partial charge on any atom is -0.508 e. The molecule has 0 unspecified atom stereocenters. The number of benzene rings is 1. The molecule has 1 rings (SSSR count). The van der Waals surface area contributed by atoms with Crippen LogP contribution in [0.15, 0.2) is 30.3 Å². The molecule has 0 saturated carbocycles. The fourth-order valence-electron chi connectivity index (χ4n) is 0.945. The number of aliphatic carboxylic acids is 1. The van der Waals surface area contributed by atoms with Gasteiger partial charge in [-0.15, -0.1) is 0 Å². The summed E-state index contributed by atoms with van der Waals surface area (Å²) < 4.78 is 0. The fraction of sp³-hybridized carbons (Fsp3) is 0. The molecule has 0 aromatic heterocycles. The molecule has 0 spiro atoms. The summed E-state index contributed by atoms with van der Waals surface area (Å²) in [6, 6.07) is 7.51. The summed E-state index contributed by atoms with van der Waals surface area (Å²) in [7, 11) is 0. The first-order chi connectivity index (χ1) is 6.63. The van der Waals surface area contributed by atoms with Crippen LogP contribution in [0.1, 0.15) is 5.56 Å². The first kappa shape index (κ1) is 9.81. The molecule has 2 N–H and O–H groups in total. The van der Waals surface area contributed by atoms with E-state index >= 15 is 0 Å². The molecule has 1 aromatic rings. The lowest BCUT2D eigenvalue weighted by Crippen LogP contribution is -1.90. The van der Waals surface area contributed by atoms with Gasteiger partial charge in [-0.25, -0.2) is 4.79 Å². The topological polar surface area (TPSA) is 81.3 Å². The van der Waals surface area contributed by atoms with Crippen LogP contribution in [0.25, 0.3) is 5.57 Å². The minimum atomic E-state index is -1.17. The summed E-state index contributed by atoms with van der Waals surface area (Å²) in [6.07, 6.45) is 0.826. The SMILES string of the molecule is N#C/C(=C\C(=O)O)c1ccc(O)cc1. The molecular weight excluding hydrogens is 182 g/mol. The number of phenolic OH excluding ortho intramolecular Hbond substituents is 1. The second kappa shape index (κ2) is 4.10. The zero-order chi connectivity index (χ0) is 10.6. The van der Waals surface area contributed by atoms with Crippen molar-refractivity contribution in [3.8, 4) is 11.8 Å². The van der Waals surface area contributed by atoms with Gasteiger partial charge in [-0.1, -0.05) is 0 Å². The van der Waals surface area contributed by atoms with E-state index in [9.17, 15) is 4.79 Å². The highest BCUT2D eigenvalue weighted by molar-refractivity contribution is 5.94. The maximum atomic E-state index is 10.3. The normalized spacial score (nSPS) is 10.6. The molecule has 1 aromatic carbocycles. The highest BCUT2D eigenvalue weighted by Gasteiger charge is 2.02. The Balaban J connectivity index is 3.09. The molecule has 0 bridgehead atoms. The Morgan fingerprint density at radius 3 is 2.36 bits per heavy atom. The van der Waals surface area contributed by atoms with Crippen LogP contribution in [0, 0.1) is 11.3 Å². The maximum Gasteiger partial charge on any atom is 0.329 e. The van der Waals surface area contributed by atoms with Crippen molar-refractivity contribution < 1.29 is 15.0 Å². The molecule has 0 aliphatic rings. The Kier molecular flexibility index (Phi) is 2.87. The molecule has 0 saturated heterocycles. The molecule has 0 aliphatic carbocycles. The van der Waals surface area contributed by atoms with Gasteiger partial charge in [0.25, 0.3) is 0 Å². The van der Waals surface area contributed by atoms with E-state index in [0.717, 1.165) is 6.08 Å². The van der Waals surface area contributed by atoms with Crippen molar-refractivity contribution in [2.75, 3.05) is 0 Å². The van der Waals surface area contributed by atoms with Crippen molar-refractivity contribution in [3.05, 3.63) is 35.9 Å². The summed E-state index contributed by atoms with van der Waals surface area (Å²) in [5, 5.41) is 26.1. The summed E-state index contributed by atoms with van der Waals surface area (Å²) >= 11 is 0.